The summed E-state index contributed by atoms with van der Waals surface area (Å²) >= 11 is 6.07. The van der Waals surface area contributed by atoms with E-state index in [4.69, 9.17) is 25.5 Å². The topological polar surface area (TPSA) is 451 Å². The highest BCUT2D eigenvalue weighted by molar-refractivity contribution is 8.20. The summed E-state index contributed by atoms with van der Waals surface area (Å²) in [6.07, 6.45) is 7.30. The number of hydrogen-bond acceptors (Lipinski definition) is 18. The number of nitrogens with two attached hydrogens (primary N) is 1. The molecule has 0 aliphatic carbocycles. The molecule has 0 aromatic heterocycles. The molecule has 0 saturated heterocycles. The first-order chi connectivity index (χ1) is 30.3. The molecule has 0 aromatic rings. The molecule has 67 heavy (non-hydrogen) atoms. The standard InChI is InChI=1S/2C6H12N2O3.C6H11NO3S.C5H11NO3SSi.C5H7NO3.C5H5NO2.CH5N.CH4S.CH4.H2O/c1-7-4(3-5(9)10)6(11)8-2;1-7-4(6(10)11)3-5(9)8-2;1-7-5(8)3-4(11-2)6(9)10;1-6-5(9)3(10-11)2-4(7)8;1-6-4(7)2-3-5(8)9;1-6-4(7)2-3-5(6)8;2*1-2;;/h4,7H,3H2,1-2H3,(H,8,11)(H,9,10);4,7H,3H2,1-2H3,(H,8,9)(H,10,11);4H,3H2,1-2H3,(H,7,8)(H,9,10);3H,2H2,1,11H3,(H,6,9)(H,7,8);2-3H,1H3,(H,6,7)(H,8,9);2-3H,1H3;2H2,1H3;2H,1H3;1H4;1H2/b;;;;3-2-;;;;;. The molecule has 16 N–H and O–H groups in total. The lowest BCUT2D eigenvalue weighted by Crippen LogP contribution is -2.42. The van der Waals surface area contributed by atoms with Crippen molar-refractivity contribution < 1.29 is 88.5 Å². The molecule has 0 radical (unpaired) electrons. The van der Waals surface area contributed by atoms with E-state index in [0.29, 0.717) is 0 Å². The first-order valence-corrected chi connectivity index (χ1v) is 24.0. The van der Waals surface area contributed by atoms with Gasteiger partial charge in [0.2, 0.25) is 29.5 Å². The van der Waals surface area contributed by atoms with Crippen molar-refractivity contribution in [3.8, 4) is 0 Å². The minimum absolute atomic E-state index is 0. The van der Waals surface area contributed by atoms with Crippen molar-refractivity contribution in [1.82, 2.24) is 42.1 Å². The zero-order chi connectivity index (χ0) is 52.8. The van der Waals surface area contributed by atoms with Crippen LogP contribution in [0.15, 0.2) is 24.3 Å². The SMILES string of the molecule is C.CN.CN1C(=O)C=CC1=O.CNC(=O)/C=C\C(=O)O.CNC(=O)C(CC(=O)O)NC.CNC(=O)C(CC(=O)O)S[SiH3].CNC(=O)CC(NC)C(=O)O.CNC(=O)CC(SC)C(=O)O.CS.O. The van der Waals surface area contributed by atoms with Crippen LogP contribution in [-0.4, -0.2) is 215 Å². The zero-order valence-corrected chi connectivity index (χ0v) is 43.4. The Morgan fingerprint density at radius 3 is 1.28 bits per heavy atom. The molecule has 27 nitrogen and oxygen atoms in total. The second-order valence-corrected chi connectivity index (χ2v) is 14.3. The summed E-state index contributed by atoms with van der Waals surface area (Å²) in [4.78, 5) is 126. The molecule has 1 aliphatic heterocycles. The largest absolute Gasteiger partial charge is 0.481 e. The van der Waals surface area contributed by atoms with E-state index < -0.39 is 58.3 Å². The molecule has 0 aromatic carbocycles. The Kier molecular flexibility index (Phi) is 66.7. The number of rotatable bonds is 18. The average Bonchev–Trinajstić information content (AvgIpc) is 3.58. The van der Waals surface area contributed by atoms with Crippen LogP contribution in [0.2, 0.25) is 0 Å². The molecule has 1 heterocycles. The smallest absolute Gasteiger partial charge is 0.328 e. The van der Waals surface area contributed by atoms with Gasteiger partial charge in [0.15, 0.2) is 0 Å². The summed E-state index contributed by atoms with van der Waals surface area (Å²) in [7, 11) is 14.1. The van der Waals surface area contributed by atoms with E-state index >= 15 is 0 Å². The van der Waals surface area contributed by atoms with Crippen LogP contribution in [-0.2, 0) is 57.5 Å². The number of nitrogens with one attached hydrogen (secondary N) is 7. The summed E-state index contributed by atoms with van der Waals surface area (Å²) in [5.74, 6) is -6.95. The third kappa shape index (κ3) is 52.9. The van der Waals surface area contributed by atoms with Crippen LogP contribution < -0.4 is 43.0 Å². The molecule has 0 spiro atoms. The Morgan fingerprint density at radius 1 is 0.642 bits per heavy atom. The van der Waals surface area contributed by atoms with Crippen molar-refractivity contribution in [3.63, 3.8) is 0 Å². The van der Waals surface area contributed by atoms with Crippen molar-refractivity contribution in [2.24, 2.45) is 5.73 Å². The Labute approximate surface area is 407 Å². The maximum absolute atomic E-state index is 10.9. The predicted octanol–water partition coefficient (Wildman–Crippen LogP) is -5.04. The number of carbonyl (C=O) groups excluding carboxylic acids is 7. The Morgan fingerprint density at radius 2 is 1.04 bits per heavy atom. The van der Waals surface area contributed by atoms with Crippen LogP contribution in [0, 0.1) is 0 Å². The molecule has 0 saturated carbocycles. The first kappa shape index (κ1) is 81.6. The highest BCUT2D eigenvalue weighted by Crippen LogP contribution is 2.10. The number of carboxylic acids is 5. The third-order valence-electron chi connectivity index (χ3n) is 6.65. The van der Waals surface area contributed by atoms with Crippen LogP contribution in [0.1, 0.15) is 33.1 Å². The van der Waals surface area contributed by atoms with E-state index in [0.717, 1.165) is 38.2 Å². The van der Waals surface area contributed by atoms with Crippen LogP contribution in [0.5, 0.6) is 0 Å². The van der Waals surface area contributed by atoms with E-state index in [1.165, 1.54) is 79.7 Å². The van der Waals surface area contributed by atoms with Gasteiger partial charge in [0, 0.05) is 73.0 Å². The van der Waals surface area contributed by atoms with Crippen LogP contribution in [0.3, 0.4) is 0 Å². The number of thiol groups is 1. The van der Waals surface area contributed by atoms with Crippen LogP contribution in [0.25, 0.3) is 0 Å². The summed E-state index contributed by atoms with van der Waals surface area (Å²) in [5.41, 5.74) is 4.50. The van der Waals surface area contributed by atoms with Gasteiger partial charge in [-0.2, -0.15) is 23.8 Å². The molecule has 0 fully saturated rings. The third-order valence-corrected chi connectivity index (χ3v) is 10.2. The normalized spacial score (nSPS) is 11.7. The second-order valence-electron chi connectivity index (χ2n) is 10.8. The second kappa shape index (κ2) is 54.8. The van der Waals surface area contributed by atoms with Gasteiger partial charge in [-0.1, -0.05) is 7.43 Å². The molecule has 4 unspecified atom stereocenters. The molecule has 1 rings (SSSR count). The van der Waals surface area contributed by atoms with E-state index in [2.05, 4.69) is 55.6 Å². The fraction of sp³-hybridized carbons (Fsp3) is 0.556. The lowest BCUT2D eigenvalue weighted by Gasteiger charge is -2.10. The number of likely N-dealkylation sites (N-methyl/N-ethyl adjacent to an activating group) is 5. The Bertz CT molecular complexity index is 1460. The first-order valence-electron chi connectivity index (χ1n) is 18.1. The summed E-state index contributed by atoms with van der Waals surface area (Å²) in [5, 5.41) is 57.5. The number of carbonyl (C=O) groups is 12. The quantitative estimate of drug-likeness (QED) is 0.0264. The summed E-state index contributed by atoms with van der Waals surface area (Å²) in [6.45, 7) is 0. The van der Waals surface area contributed by atoms with Gasteiger partial charge in [-0.3, -0.25) is 57.6 Å². The van der Waals surface area contributed by atoms with Gasteiger partial charge in [0.05, 0.1) is 39.9 Å². The molecule has 0 bridgehead atoms. The zero-order valence-electron chi connectivity index (χ0n) is 38.9. The lowest BCUT2D eigenvalue weighted by molar-refractivity contribution is -0.141. The van der Waals surface area contributed by atoms with Gasteiger partial charge < -0.3 is 74.0 Å². The predicted molar refractivity (Wildman–Crippen MR) is 263 cm³/mol. The van der Waals surface area contributed by atoms with Crippen molar-refractivity contribution in [1.29, 1.82) is 0 Å². The molecule has 4 atom stereocenters. The molecular formula is C36H73N9O18S3Si. The van der Waals surface area contributed by atoms with Gasteiger partial charge in [-0.05, 0) is 33.7 Å². The van der Waals surface area contributed by atoms with E-state index in [-0.39, 0.29) is 74.0 Å². The molecule has 7 amide bonds. The number of hydrogen-bond donors (Lipinski definition) is 14. The monoisotopic (exact) mass is 1040 g/mol. The minimum atomic E-state index is -1.13. The number of imide groups is 1. The van der Waals surface area contributed by atoms with E-state index in [1.54, 1.807) is 19.6 Å². The van der Waals surface area contributed by atoms with Crippen molar-refractivity contribution >= 4 is 116 Å². The number of nitrogens with zero attached hydrogens (tertiary/aromatic N) is 1. The minimum Gasteiger partial charge on any atom is -0.481 e. The highest BCUT2D eigenvalue weighted by Gasteiger charge is 2.21. The lowest BCUT2D eigenvalue weighted by atomic mass is 10.2. The van der Waals surface area contributed by atoms with Gasteiger partial charge in [-0.15, -0.1) is 11.8 Å². The van der Waals surface area contributed by atoms with Gasteiger partial charge in [0.25, 0.3) is 11.8 Å². The maximum Gasteiger partial charge on any atom is 0.328 e. The van der Waals surface area contributed by atoms with E-state index in [1.807, 2.05) is 0 Å². The molecule has 392 valence electrons. The Balaban J connectivity index is -0.0000000844. The summed E-state index contributed by atoms with van der Waals surface area (Å²) < 4.78 is 0. The number of thioether (sulfide) groups is 1. The summed E-state index contributed by atoms with van der Waals surface area (Å²) in [6, 6.07) is -1.44. The fourth-order valence-corrected chi connectivity index (χ4v) is 5.43. The number of aliphatic carboxylic acids is 5. The van der Waals surface area contributed by atoms with Crippen molar-refractivity contribution in [2.75, 3.05) is 75.9 Å². The highest BCUT2D eigenvalue weighted by atomic mass is 32.4. The molecule has 31 heteroatoms. The molecular weight excluding hydrogens is 971 g/mol. The Hall–Kier alpha value is -5.57. The van der Waals surface area contributed by atoms with E-state index in [9.17, 15) is 57.5 Å². The van der Waals surface area contributed by atoms with Crippen molar-refractivity contribution in [2.45, 2.75) is 55.7 Å². The van der Waals surface area contributed by atoms with Crippen LogP contribution >= 0.6 is 35.6 Å². The van der Waals surface area contributed by atoms with Gasteiger partial charge in [-0.25, -0.2) is 4.79 Å². The van der Waals surface area contributed by atoms with Crippen molar-refractivity contribution in [3.05, 3.63) is 24.3 Å². The number of carboxylic acid groups (broad SMARTS) is 5. The maximum atomic E-state index is 10.9. The fourth-order valence-electron chi connectivity index (χ4n) is 3.12. The van der Waals surface area contributed by atoms with Crippen LogP contribution in [0.4, 0.5) is 0 Å². The number of amides is 7. The van der Waals surface area contributed by atoms with Gasteiger partial charge in [0.1, 0.15) is 11.3 Å². The molecule has 1 aliphatic rings. The van der Waals surface area contributed by atoms with Gasteiger partial charge >= 0.3 is 29.8 Å². The average molecular weight is 1040 g/mol.